The summed E-state index contributed by atoms with van der Waals surface area (Å²) in [5.41, 5.74) is -1.49. The zero-order valence-electron chi connectivity index (χ0n) is 12.2. The van der Waals surface area contributed by atoms with Crippen molar-refractivity contribution in [1.29, 1.82) is 0 Å². The molecule has 8 heteroatoms. The maximum Gasteiger partial charge on any atom is 0.416 e. The van der Waals surface area contributed by atoms with Gasteiger partial charge in [0.05, 0.1) is 17.7 Å². The Morgan fingerprint density at radius 1 is 1.35 bits per heavy atom. The topological polar surface area (TPSA) is 64.1 Å². The summed E-state index contributed by atoms with van der Waals surface area (Å²) in [6.45, 7) is 2.16. The monoisotopic (exact) mass is 326 g/mol. The molecule has 0 saturated carbocycles. The molecule has 0 saturated heterocycles. The predicted molar refractivity (Wildman–Crippen MR) is 74.8 cm³/mol. The fourth-order valence-corrected chi connectivity index (χ4v) is 2.69. The zero-order valence-corrected chi connectivity index (χ0v) is 12.2. The lowest BCUT2D eigenvalue weighted by Gasteiger charge is -2.13. The van der Waals surface area contributed by atoms with Crippen LogP contribution in [0.4, 0.5) is 13.2 Å². The molecule has 1 aliphatic rings. The number of hydrogen-bond acceptors (Lipinski definition) is 3. The molecule has 0 aliphatic carbocycles. The van der Waals surface area contributed by atoms with Gasteiger partial charge in [-0.05, 0) is 19.1 Å². The fraction of sp³-hybridized carbons (Fsp3) is 0.333. The Morgan fingerprint density at radius 3 is 2.70 bits per heavy atom. The van der Waals surface area contributed by atoms with Crippen molar-refractivity contribution < 1.29 is 22.7 Å². The minimum atomic E-state index is -4.51. The highest BCUT2D eigenvalue weighted by Gasteiger charge is 2.38. The molecule has 3 rings (SSSR count). The average Bonchev–Trinajstić information content (AvgIpc) is 3.10. The smallest absolute Gasteiger partial charge is 0.416 e. The number of alkyl halides is 3. The molecular formula is C15H13F3N2O3. The molecule has 0 amide bonds. The third-order valence-corrected chi connectivity index (χ3v) is 3.81. The van der Waals surface area contributed by atoms with E-state index in [9.17, 15) is 22.8 Å². The van der Waals surface area contributed by atoms with E-state index in [0.29, 0.717) is 6.54 Å². The predicted octanol–water partition coefficient (Wildman–Crippen LogP) is 2.38. The second-order valence-corrected chi connectivity index (χ2v) is 5.13. The van der Waals surface area contributed by atoms with Gasteiger partial charge in [0.25, 0.3) is 5.56 Å². The number of fused-ring (bicyclic) bond motifs is 1. The van der Waals surface area contributed by atoms with Gasteiger partial charge in [0.15, 0.2) is 0 Å². The molecule has 23 heavy (non-hydrogen) atoms. The molecule has 0 bridgehead atoms. The van der Waals surface area contributed by atoms with E-state index in [-0.39, 0.29) is 35.5 Å². The van der Waals surface area contributed by atoms with Crippen LogP contribution < -0.4 is 10.3 Å². The molecule has 1 aromatic heterocycles. The Kier molecular flexibility index (Phi) is 3.54. The fourth-order valence-electron chi connectivity index (χ4n) is 2.69. The van der Waals surface area contributed by atoms with Crippen molar-refractivity contribution in [3.63, 3.8) is 0 Å². The van der Waals surface area contributed by atoms with Crippen LogP contribution in [-0.2, 0) is 19.1 Å². The summed E-state index contributed by atoms with van der Waals surface area (Å²) in [5.74, 6) is -0.723. The Bertz CT molecular complexity index is 833. The summed E-state index contributed by atoms with van der Waals surface area (Å²) in [6.07, 6.45) is -3.17. The number of halogens is 3. The van der Waals surface area contributed by atoms with Crippen LogP contribution in [0, 0.1) is 0 Å². The first-order chi connectivity index (χ1) is 10.8. The molecule has 5 nitrogen and oxygen atoms in total. The first kappa shape index (κ1) is 15.4. The lowest BCUT2D eigenvalue weighted by atomic mass is 9.97. The van der Waals surface area contributed by atoms with Gasteiger partial charge in [0.2, 0.25) is 5.78 Å². The van der Waals surface area contributed by atoms with E-state index in [1.165, 1.54) is 10.9 Å². The number of carbonyl (C=O) groups is 1. The average molecular weight is 326 g/mol. The molecule has 122 valence electrons. The maximum atomic E-state index is 13.0. The number of rotatable bonds is 3. The van der Waals surface area contributed by atoms with Crippen molar-refractivity contribution in [3.8, 4) is 5.75 Å². The summed E-state index contributed by atoms with van der Waals surface area (Å²) in [6, 6.07) is 1.93. The lowest BCUT2D eigenvalue weighted by Crippen LogP contribution is -2.21. The number of ketones is 1. The molecule has 1 aromatic carbocycles. The van der Waals surface area contributed by atoms with E-state index < -0.39 is 23.1 Å². The third kappa shape index (κ3) is 2.43. The highest BCUT2D eigenvalue weighted by Crippen LogP contribution is 2.41. The molecule has 2 heterocycles. The summed E-state index contributed by atoms with van der Waals surface area (Å²) >= 11 is 0. The number of nitrogens with zero attached hydrogens (tertiary/aromatic N) is 1. The molecule has 0 fully saturated rings. The van der Waals surface area contributed by atoms with E-state index in [1.807, 2.05) is 0 Å². The number of hydrogen-bond donors (Lipinski definition) is 1. The van der Waals surface area contributed by atoms with Gasteiger partial charge in [-0.15, -0.1) is 0 Å². The molecule has 1 aliphatic heterocycles. The molecule has 0 radical (unpaired) electrons. The minimum Gasteiger partial charge on any atom is -0.492 e. The zero-order chi connectivity index (χ0) is 16.8. The Morgan fingerprint density at radius 2 is 2.09 bits per heavy atom. The molecular weight excluding hydrogens is 313 g/mol. The van der Waals surface area contributed by atoms with Crippen molar-refractivity contribution in [1.82, 2.24) is 9.78 Å². The van der Waals surface area contributed by atoms with E-state index in [1.54, 1.807) is 6.92 Å². The number of nitrogens with one attached hydrogen (secondary N) is 1. The summed E-state index contributed by atoms with van der Waals surface area (Å²) in [5, 5.41) is 2.64. The normalized spacial score (nSPS) is 13.7. The van der Waals surface area contributed by atoms with Crippen LogP contribution in [-0.4, -0.2) is 22.2 Å². The number of H-pyrrole nitrogens is 1. The minimum absolute atomic E-state index is 0.0233. The van der Waals surface area contributed by atoms with Gasteiger partial charge < -0.3 is 9.84 Å². The van der Waals surface area contributed by atoms with Crippen molar-refractivity contribution in [3.05, 3.63) is 50.9 Å². The maximum absolute atomic E-state index is 13.0. The molecule has 0 spiro atoms. The van der Waals surface area contributed by atoms with E-state index in [2.05, 4.69) is 5.10 Å². The van der Waals surface area contributed by atoms with E-state index in [4.69, 9.17) is 4.74 Å². The van der Waals surface area contributed by atoms with Crippen molar-refractivity contribution >= 4 is 5.78 Å². The third-order valence-electron chi connectivity index (χ3n) is 3.81. The van der Waals surface area contributed by atoms with Crippen LogP contribution >= 0.6 is 0 Å². The SMILES string of the molecule is CCn1[nH]cc(C(=O)c2ccc(C(F)(F)F)c3c2OCC3)c1=O. The van der Waals surface area contributed by atoms with E-state index >= 15 is 0 Å². The summed E-state index contributed by atoms with van der Waals surface area (Å²) in [7, 11) is 0. The number of ether oxygens (including phenoxy) is 1. The van der Waals surface area contributed by atoms with Crippen LogP contribution in [0.2, 0.25) is 0 Å². The van der Waals surface area contributed by atoms with Gasteiger partial charge in [0.1, 0.15) is 11.3 Å². The van der Waals surface area contributed by atoms with Crippen molar-refractivity contribution in [2.24, 2.45) is 0 Å². The molecule has 2 aromatic rings. The highest BCUT2D eigenvalue weighted by atomic mass is 19.4. The van der Waals surface area contributed by atoms with Gasteiger partial charge >= 0.3 is 6.18 Å². The first-order valence-electron chi connectivity index (χ1n) is 7.03. The second kappa shape index (κ2) is 5.29. The lowest BCUT2D eigenvalue weighted by molar-refractivity contribution is -0.138. The molecule has 0 atom stereocenters. The van der Waals surface area contributed by atoms with Gasteiger partial charge in [-0.3, -0.25) is 14.3 Å². The van der Waals surface area contributed by atoms with Crippen LogP contribution in [0.1, 0.15) is 34.0 Å². The Hall–Kier alpha value is -2.51. The van der Waals surface area contributed by atoms with Crippen LogP contribution in [0.5, 0.6) is 5.75 Å². The van der Waals surface area contributed by atoms with Crippen LogP contribution in [0.25, 0.3) is 0 Å². The Balaban J connectivity index is 2.11. The summed E-state index contributed by atoms with van der Waals surface area (Å²) in [4.78, 5) is 24.6. The number of aromatic nitrogens is 2. The Labute approximate surface area is 128 Å². The van der Waals surface area contributed by atoms with E-state index in [0.717, 1.165) is 12.1 Å². The van der Waals surface area contributed by atoms with Crippen LogP contribution in [0.3, 0.4) is 0 Å². The number of carbonyl (C=O) groups excluding carboxylic acids is 1. The van der Waals surface area contributed by atoms with Gasteiger partial charge in [0, 0.05) is 24.7 Å². The summed E-state index contributed by atoms with van der Waals surface area (Å²) < 4.78 is 45.5. The second-order valence-electron chi connectivity index (χ2n) is 5.13. The molecule has 1 N–H and O–H groups in total. The van der Waals surface area contributed by atoms with Gasteiger partial charge in [-0.1, -0.05) is 0 Å². The quantitative estimate of drug-likeness (QED) is 0.881. The van der Waals surface area contributed by atoms with Crippen molar-refractivity contribution in [2.45, 2.75) is 26.1 Å². The van der Waals surface area contributed by atoms with Crippen molar-refractivity contribution in [2.75, 3.05) is 6.61 Å². The highest BCUT2D eigenvalue weighted by molar-refractivity contribution is 6.10. The van der Waals surface area contributed by atoms with Gasteiger partial charge in [-0.2, -0.15) is 13.2 Å². The number of aromatic amines is 1. The standard InChI is InChI=1S/C15H13F3N2O3/c1-2-20-14(22)10(7-19-20)12(21)9-3-4-11(15(16,17)18)8-5-6-23-13(8)9/h3-4,7,19H,2,5-6H2,1H3. The number of benzene rings is 1. The van der Waals surface area contributed by atoms with Gasteiger partial charge in [-0.25, -0.2) is 0 Å². The number of aryl methyl sites for hydroxylation is 1. The molecule has 0 unspecified atom stereocenters. The first-order valence-corrected chi connectivity index (χ1v) is 7.03. The van der Waals surface area contributed by atoms with Crippen LogP contribution in [0.15, 0.2) is 23.1 Å². The largest absolute Gasteiger partial charge is 0.492 e.